The smallest absolute Gasteiger partial charge is 0.408 e. The number of thioether (sulfide) groups is 1. The highest BCUT2D eigenvalue weighted by atomic mass is 32.2. The molecule has 0 aliphatic carbocycles. The lowest BCUT2D eigenvalue weighted by Gasteiger charge is -2.35. The van der Waals surface area contributed by atoms with E-state index in [0.29, 0.717) is 24.3 Å². The standard InChI is InChI=1S/C35H51N3O4S/c1-9-11-12-13-14-22-38(33(40)29(21-23-43-8)36-34(41)42-35(5,6)7)31(28-20-16-19-27(10-2)24-28)32(39)37-30-25(3)17-15-18-26(30)4/h10,15-20,24,29,31H,2,9,11-14,21-23H2,1,3-8H3,(H,36,41)(H,37,39). The van der Waals surface area contributed by atoms with Crippen LogP contribution in [0.3, 0.4) is 0 Å². The number of para-hydroxylation sites is 1. The molecule has 2 aromatic rings. The van der Waals surface area contributed by atoms with Crippen LogP contribution in [-0.2, 0) is 14.3 Å². The zero-order valence-electron chi connectivity index (χ0n) is 27.1. The van der Waals surface area contributed by atoms with Crippen molar-refractivity contribution in [2.45, 2.75) is 97.8 Å². The number of benzene rings is 2. The molecule has 0 saturated heterocycles. The molecule has 2 atom stereocenters. The number of amides is 3. The molecule has 8 heteroatoms. The third-order valence-electron chi connectivity index (χ3n) is 7.14. The van der Waals surface area contributed by atoms with Gasteiger partial charge in [-0.05, 0) is 87.8 Å². The average Bonchev–Trinajstić information content (AvgIpc) is 2.95. The van der Waals surface area contributed by atoms with Crippen LogP contribution in [0, 0.1) is 13.8 Å². The van der Waals surface area contributed by atoms with Gasteiger partial charge in [0, 0.05) is 12.2 Å². The molecule has 43 heavy (non-hydrogen) atoms. The number of carbonyl (C=O) groups is 3. The van der Waals surface area contributed by atoms with Crippen LogP contribution in [-0.4, -0.2) is 53.0 Å². The van der Waals surface area contributed by atoms with Gasteiger partial charge < -0.3 is 20.3 Å². The highest BCUT2D eigenvalue weighted by molar-refractivity contribution is 7.98. The van der Waals surface area contributed by atoms with E-state index >= 15 is 0 Å². The zero-order valence-corrected chi connectivity index (χ0v) is 27.9. The van der Waals surface area contributed by atoms with Crippen molar-refractivity contribution in [1.82, 2.24) is 10.2 Å². The largest absolute Gasteiger partial charge is 0.444 e. The van der Waals surface area contributed by atoms with Crippen LogP contribution in [0.25, 0.3) is 6.08 Å². The van der Waals surface area contributed by atoms with E-state index in [9.17, 15) is 14.4 Å². The maximum absolute atomic E-state index is 14.5. The molecule has 2 N–H and O–H groups in total. The number of nitrogens with zero attached hydrogens (tertiary/aromatic N) is 1. The Kier molecular flexibility index (Phi) is 14.8. The molecule has 2 aromatic carbocycles. The molecule has 0 saturated carbocycles. The first-order chi connectivity index (χ1) is 20.4. The van der Waals surface area contributed by atoms with Gasteiger partial charge in [-0.15, -0.1) is 0 Å². The summed E-state index contributed by atoms with van der Waals surface area (Å²) in [6.07, 6.45) is 8.39. The molecule has 236 valence electrons. The Labute approximate surface area is 263 Å². The minimum absolute atomic E-state index is 0.304. The van der Waals surface area contributed by atoms with E-state index in [1.54, 1.807) is 43.5 Å². The molecular weight excluding hydrogens is 558 g/mol. The Hall–Kier alpha value is -3.26. The molecule has 0 radical (unpaired) electrons. The van der Waals surface area contributed by atoms with Gasteiger partial charge in [-0.2, -0.15) is 11.8 Å². The van der Waals surface area contributed by atoms with Gasteiger partial charge in [-0.1, -0.05) is 81.7 Å². The topological polar surface area (TPSA) is 87.7 Å². The maximum atomic E-state index is 14.5. The summed E-state index contributed by atoms with van der Waals surface area (Å²) in [5.41, 5.74) is 3.43. The molecule has 0 fully saturated rings. The first-order valence-electron chi connectivity index (χ1n) is 15.3. The number of carbonyl (C=O) groups excluding carboxylic acids is 3. The number of hydrogen-bond donors (Lipinski definition) is 2. The van der Waals surface area contributed by atoms with E-state index < -0.39 is 23.8 Å². The van der Waals surface area contributed by atoms with Gasteiger partial charge >= 0.3 is 6.09 Å². The van der Waals surface area contributed by atoms with E-state index in [2.05, 4.69) is 24.1 Å². The van der Waals surface area contributed by atoms with Crippen LogP contribution >= 0.6 is 11.8 Å². The number of rotatable bonds is 16. The Balaban J connectivity index is 2.60. The predicted molar refractivity (Wildman–Crippen MR) is 180 cm³/mol. The lowest BCUT2D eigenvalue weighted by atomic mass is 9.98. The van der Waals surface area contributed by atoms with Gasteiger partial charge in [0.25, 0.3) is 5.91 Å². The van der Waals surface area contributed by atoms with Crippen LogP contribution in [0.15, 0.2) is 49.0 Å². The first-order valence-corrected chi connectivity index (χ1v) is 16.7. The summed E-state index contributed by atoms with van der Waals surface area (Å²) in [6, 6.07) is 11.7. The van der Waals surface area contributed by atoms with Crippen molar-refractivity contribution in [3.05, 3.63) is 71.3 Å². The SMILES string of the molecule is C=Cc1cccc(C(C(=O)Nc2c(C)cccc2C)N(CCCCCCC)C(=O)C(CCSC)NC(=O)OC(C)(C)C)c1. The van der Waals surface area contributed by atoms with Crippen LogP contribution < -0.4 is 10.6 Å². The Morgan fingerprint density at radius 1 is 1.02 bits per heavy atom. The maximum Gasteiger partial charge on any atom is 0.408 e. The van der Waals surface area contributed by atoms with E-state index in [1.807, 2.05) is 62.6 Å². The summed E-state index contributed by atoms with van der Waals surface area (Å²) in [4.78, 5) is 43.3. The van der Waals surface area contributed by atoms with E-state index in [-0.39, 0.29) is 11.8 Å². The Morgan fingerprint density at radius 2 is 1.67 bits per heavy atom. The summed E-state index contributed by atoms with van der Waals surface area (Å²) in [5.74, 6) is 0.0457. The quantitative estimate of drug-likeness (QED) is 0.188. The van der Waals surface area contributed by atoms with E-state index in [4.69, 9.17) is 4.74 Å². The van der Waals surface area contributed by atoms with E-state index in [1.165, 1.54) is 0 Å². The number of anilines is 1. The third kappa shape index (κ3) is 11.7. The van der Waals surface area contributed by atoms with Crippen molar-refractivity contribution in [2.75, 3.05) is 23.9 Å². The van der Waals surface area contributed by atoms with Gasteiger partial charge in [0.05, 0.1) is 0 Å². The summed E-state index contributed by atoms with van der Waals surface area (Å²) < 4.78 is 5.51. The van der Waals surface area contributed by atoms with Crippen LogP contribution in [0.1, 0.15) is 94.5 Å². The van der Waals surface area contributed by atoms with Gasteiger partial charge in [0.15, 0.2) is 0 Å². The highest BCUT2D eigenvalue weighted by Crippen LogP contribution is 2.29. The molecule has 0 heterocycles. The van der Waals surface area contributed by atoms with Gasteiger partial charge in [-0.25, -0.2) is 4.79 Å². The molecule has 3 amide bonds. The van der Waals surface area contributed by atoms with Crippen molar-refractivity contribution in [3.8, 4) is 0 Å². The molecule has 0 aliphatic rings. The van der Waals surface area contributed by atoms with Crippen LogP contribution in [0.5, 0.6) is 0 Å². The zero-order chi connectivity index (χ0) is 32.0. The summed E-state index contributed by atoms with van der Waals surface area (Å²) in [7, 11) is 0. The molecule has 0 aliphatic heterocycles. The first kappa shape index (κ1) is 35.9. The van der Waals surface area contributed by atoms with Crippen LogP contribution in [0.2, 0.25) is 0 Å². The van der Waals surface area contributed by atoms with Crippen molar-refractivity contribution < 1.29 is 19.1 Å². The highest BCUT2D eigenvalue weighted by Gasteiger charge is 2.36. The minimum atomic E-state index is -0.921. The number of alkyl carbamates (subject to hydrolysis) is 1. The van der Waals surface area contributed by atoms with Gasteiger partial charge in [0.2, 0.25) is 5.91 Å². The molecule has 0 bridgehead atoms. The average molecular weight is 610 g/mol. The lowest BCUT2D eigenvalue weighted by Crippen LogP contribution is -2.52. The van der Waals surface area contributed by atoms with Crippen molar-refractivity contribution in [3.63, 3.8) is 0 Å². The number of unbranched alkanes of at least 4 members (excludes halogenated alkanes) is 4. The molecule has 2 unspecified atom stereocenters. The fraction of sp³-hybridized carbons (Fsp3) is 0.514. The van der Waals surface area contributed by atoms with E-state index in [0.717, 1.165) is 54.5 Å². The normalized spacial score (nSPS) is 12.6. The summed E-state index contributed by atoms with van der Waals surface area (Å²) in [5, 5.41) is 5.96. The number of ether oxygens (including phenoxy) is 1. The molecule has 0 aromatic heterocycles. The second-order valence-corrected chi connectivity index (χ2v) is 12.9. The van der Waals surface area contributed by atoms with Crippen molar-refractivity contribution >= 4 is 41.4 Å². The minimum Gasteiger partial charge on any atom is -0.444 e. The summed E-state index contributed by atoms with van der Waals surface area (Å²) in [6.45, 7) is 15.7. The molecule has 7 nitrogen and oxygen atoms in total. The molecule has 2 rings (SSSR count). The number of nitrogens with one attached hydrogen (secondary N) is 2. The molecular formula is C35H51N3O4S. The molecule has 0 spiro atoms. The Bertz CT molecular complexity index is 1200. The van der Waals surface area contributed by atoms with Crippen molar-refractivity contribution in [2.24, 2.45) is 0 Å². The number of aryl methyl sites for hydroxylation is 2. The van der Waals surface area contributed by atoms with Gasteiger partial charge in [0.1, 0.15) is 17.7 Å². The van der Waals surface area contributed by atoms with Crippen molar-refractivity contribution in [1.29, 1.82) is 0 Å². The van der Waals surface area contributed by atoms with Crippen LogP contribution in [0.4, 0.5) is 10.5 Å². The fourth-order valence-corrected chi connectivity index (χ4v) is 5.40. The second kappa shape index (κ2) is 17.8. The summed E-state index contributed by atoms with van der Waals surface area (Å²) >= 11 is 1.59. The number of hydrogen-bond acceptors (Lipinski definition) is 5. The fourth-order valence-electron chi connectivity index (χ4n) is 4.93. The second-order valence-electron chi connectivity index (χ2n) is 12.0. The third-order valence-corrected chi connectivity index (χ3v) is 7.78. The monoisotopic (exact) mass is 609 g/mol. The Morgan fingerprint density at radius 3 is 2.28 bits per heavy atom. The van der Waals surface area contributed by atoms with Gasteiger partial charge in [-0.3, -0.25) is 9.59 Å². The lowest BCUT2D eigenvalue weighted by molar-refractivity contribution is -0.141. The predicted octanol–water partition coefficient (Wildman–Crippen LogP) is 8.07.